The standard InChI is InChI=1S/C24H31N3O3/c1-4-26(5-2)21-15-12-20(13-16-21)25-23(28)27(24(29)30-6-3)22-14-11-18-9-7-8-10-19(18)17-22/h7-10,12-13,15-16,22H,4-6,11,14,17H2,1-3H3,(H,25,28). The normalized spacial score (nSPS) is 15.1. The fourth-order valence-corrected chi connectivity index (χ4v) is 4.02. The molecule has 0 fully saturated rings. The molecular formula is C24H31N3O3. The molecule has 0 bridgehead atoms. The van der Waals surface area contributed by atoms with E-state index in [1.54, 1.807) is 6.92 Å². The van der Waals surface area contributed by atoms with Crippen molar-refractivity contribution in [2.24, 2.45) is 0 Å². The minimum atomic E-state index is -0.598. The zero-order chi connectivity index (χ0) is 21.5. The fraction of sp³-hybridized carbons (Fsp3) is 0.417. The Morgan fingerprint density at radius 1 is 1.00 bits per heavy atom. The van der Waals surface area contributed by atoms with Gasteiger partial charge >= 0.3 is 12.1 Å². The molecule has 0 heterocycles. The molecule has 0 saturated heterocycles. The van der Waals surface area contributed by atoms with Crippen LogP contribution in [0.4, 0.5) is 21.0 Å². The van der Waals surface area contributed by atoms with Crippen molar-refractivity contribution in [3.05, 3.63) is 59.7 Å². The van der Waals surface area contributed by atoms with Crippen molar-refractivity contribution in [1.82, 2.24) is 4.90 Å². The van der Waals surface area contributed by atoms with E-state index in [0.29, 0.717) is 12.1 Å². The van der Waals surface area contributed by atoms with Gasteiger partial charge in [-0.05, 0) is 75.4 Å². The van der Waals surface area contributed by atoms with Crippen molar-refractivity contribution in [2.75, 3.05) is 29.9 Å². The maximum atomic E-state index is 13.1. The third-order valence-electron chi connectivity index (χ3n) is 5.62. The molecular weight excluding hydrogens is 378 g/mol. The van der Waals surface area contributed by atoms with Crippen molar-refractivity contribution in [3.8, 4) is 0 Å². The molecule has 30 heavy (non-hydrogen) atoms. The monoisotopic (exact) mass is 409 g/mol. The summed E-state index contributed by atoms with van der Waals surface area (Å²) in [6, 6.07) is 15.2. The Labute approximate surface area is 178 Å². The van der Waals surface area contributed by atoms with Gasteiger partial charge in [0.25, 0.3) is 0 Å². The van der Waals surface area contributed by atoms with Crippen molar-refractivity contribution >= 4 is 23.5 Å². The molecule has 0 radical (unpaired) electrons. The van der Waals surface area contributed by atoms with Crippen molar-refractivity contribution < 1.29 is 14.3 Å². The molecule has 6 nitrogen and oxygen atoms in total. The molecule has 2 aromatic carbocycles. The topological polar surface area (TPSA) is 61.9 Å². The van der Waals surface area contributed by atoms with E-state index in [-0.39, 0.29) is 12.6 Å². The molecule has 6 heteroatoms. The van der Waals surface area contributed by atoms with E-state index in [9.17, 15) is 9.59 Å². The van der Waals surface area contributed by atoms with E-state index in [0.717, 1.165) is 31.6 Å². The number of hydrogen-bond donors (Lipinski definition) is 1. The van der Waals surface area contributed by atoms with Crippen LogP contribution in [0.3, 0.4) is 0 Å². The molecule has 0 aromatic heterocycles. The van der Waals surface area contributed by atoms with Gasteiger partial charge in [-0.15, -0.1) is 0 Å². The van der Waals surface area contributed by atoms with Gasteiger partial charge in [-0.2, -0.15) is 0 Å². The second kappa shape index (κ2) is 10.1. The lowest BCUT2D eigenvalue weighted by Gasteiger charge is -2.33. The zero-order valence-electron chi connectivity index (χ0n) is 18.1. The van der Waals surface area contributed by atoms with E-state index >= 15 is 0 Å². The van der Waals surface area contributed by atoms with Gasteiger partial charge in [-0.1, -0.05) is 24.3 Å². The second-order valence-corrected chi connectivity index (χ2v) is 7.38. The summed E-state index contributed by atoms with van der Waals surface area (Å²) in [7, 11) is 0. The molecule has 3 amide bonds. The number of nitrogens with zero attached hydrogens (tertiary/aromatic N) is 2. The first-order valence-electron chi connectivity index (χ1n) is 10.8. The molecule has 1 atom stereocenters. The maximum Gasteiger partial charge on any atom is 0.418 e. The number of benzene rings is 2. The highest BCUT2D eigenvalue weighted by Gasteiger charge is 2.33. The highest BCUT2D eigenvalue weighted by Crippen LogP contribution is 2.26. The molecule has 1 N–H and O–H groups in total. The summed E-state index contributed by atoms with van der Waals surface area (Å²) in [4.78, 5) is 29.2. The van der Waals surface area contributed by atoms with Crippen molar-refractivity contribution in [3.63, 3.8) is 0 Å². The Bertz CT molecular complexity index is 862. The zero-order valence-corrected chi connectivity index (χ0v) is 18.1. The van der Waals surface area contributed by atoms with Gasteiger partial charge in [0.15, 0.2) is 0 Å². The summed E-state index contributed by atoms with van der Waals surface area (Å²) in [6.45, 7) is 8.03. The number of nitrogens with one attached hydrogen (secondary N) is 1. The van der Waals surface area contributed by atoms with E-state index < -0.39 is 12.1 Å². The number of hydrogen-bond acceptors (Lipinski definition) is 4. The molecule has 0 aliphatic heterocycles. The van der Waals surface area contributed by atoms with Gasteiger partial charge in [0, 0.05) is 30.5 Å². The van der Waals surface area contributed by atoms with E-state index in [2.05, 4.69) is 36.2 Å². The number of ether oxygens (including phenoxy) is 1. The van der Waals surface area contributed by atoms with Crippen molar-refractivity contribution in [1.29, 1.82) is 0 Å². The van der Waals surface area contributed by atoms with Gasteiger partial charge in [0.2, 0.25) is 0 Å². The highest BCUT2D eigenvalue weighted by atomic mass is 16.6. The Morgan fingerprint density at radius 3 is 2.30 bits per heavy atom. The molecule has 1 aliphatic carbocycles. The van der Waals surface area contributed by atoms with Crippen LogP contribution in [0.15, 0.2) is 48.5 Å². The minimum absolute atomic E-state index is 0.227. The number of carbonyl (C=O) groups excluding carboxylic acids is 2. The summed E-state index contributed by atoms with van der Waals surface area (Å²) >= 11 is 0. The lowest BCUT2D eigenvalue weighted by atomic mass is 9.88. The molecule has 1 aliphatic rings. The molecule has 0 spiro atoms. The van der Waals surface area contributed by atoms with E-state index in [1.807, 2.05) is 36.4 Å². The minimum Gasteiger partial charge on any atom is -0.449 e. The van der Waals surface area contributed by atoms with Crippen LogP contribution >= 0.6 is 0 Å². The first kappa shape index (κ1) is 21.7. The van der Waals surface area contributed by atoms with Gasteiger partial charge in [-0.3, -0.25) is 0 Å². The predicted molar refractivity (Wildman–Crippen MR) is 120 cm³/mol. The van der Waals surface area contributed by atoms with Crippen molar-refractivity contribution in [2.45, 2.75) is 46.1 Å². The lowest BCUT2D eigenvalue weighted by Crippen LogP contribution is -2.49. The summed E-state index contributed by atoms with van der Waals surface area (Å²) in [6.07, 6.45) is 1.61. The predicted octanol–water partition coefficient (Wildman–Crippen LogP) is 5.08. The number of carbonyl (C=O) groups is 2. The van der Waals surface area contributed by atoms with Gasteiger partial charge < -0.3 is 15.0 Å². The molecule has 2 aromatic rings. The van der Waals surface area contributed by atoms with Crippen LogP contribution in [0.5, 0.6) is 0 Å². The molecule has 1 unspecified atom stereocenters. The van der Waals surface area contributed by atoms with Gasteiger partial charge in [0.1, 0.15) is 0 Å². The SMILES string of the molecule is CCOC(=O)N(C(=O)Nc1ccc(N(CC)CC)cc1)C1CCc2ccccc2C1. The van der Waals surface area contributed by atoms with Crippen LogP contribution in [0.2, 0.25) is 0 Å². The van der Waals surface area contributed by atoms with Crippen LogP contribution in [-0.4, -0.2) is 42.8 Å². The maximum absolute atomic E-state index is 13.1. The van der Waals surface area contributed by atoms with E-state index in [1.165, 1.54) is 16.0 Å². The number of fused-ring (bicyclic) bond motifs is 1. The number of imide groups is 1. The summed E-state index contributed by atoms with van der Waals surface area (Å²) in [5.41, 5.74) is 4.22. The fourth-order valence-electron chi connectivity index (χ4n) is 4.02. The second-order valence-electron chi connectivity index (χ2n) is 7.38. The summed E-state index contributed by atoms with van der Waals surface area (Å²) in [5, 5.41) is 2.87. The Hall–Kier alpha value is -3.02. The third kappa shape index (κ3) is 4.93. The molecule has 0 saturated carbocycles. The molecule has 160 valence electrons. The largest absolute Gasteiger partial charge is 0.449 e. The Kier molecular flexibility index (Phi) is 7.33. The number of urea groups is 1. The average molecular weight is 410 g/mol. The highest BCUT2D eigenvalue weighted by molar-refractivity contribution is 5.99. The van der Waals surface area contributed by atoms with Crippen LogP contribution < -0.4 is 10.2 Å². The summed E-state index contributed by atoms with van der Waals surface area (Å²) < 4.78 is 5.20. The quantitative estimate of drug-likeness (QED) is 0.723. The first-order valence-corrected chi connectivity index (χ1v) is 10.8. The number of amides is 3. The van der Waals surface area contributed by atoms with Gasteiger partial charge in [-0.25, -0.2) is 14.5 Å². The average Bonchev–Trinajstić information content (AvgIpc) is 2.76. The molecule has 3 rings (SSSR count). The van der Waals surface area contributed by atoms with Crippen LogP contribution in [0.1, 0.15) is 38.3 Å². The number of aryl methyl sites for hydroxylation is 1. The number of anilines is 2. The van der Waals surface area contributed by atoms with Crippen LogP contribution in [0, 0.1) is 0 Å². The first-order chi connectivity index (χ1) is 14.6. The lowest BCUT2D eigenvalue weighted by molar-refractivity contribution is 0.101. The van der Waals surface area contributed by atoms with Crippen LogP contribution in [-0.2, 0) is 17.6 Å². The van der Waals surface area contributed by atoms with Crippen LogP contribution in [0.25, 0.3) is 0 Å². The Balaban J connectivity index is 1.76. The van der Waals surface area contributed by atoms with Gasteiger partial charge in [0.05, 0.1) is 6.61 Å². The Morgan fingerprint density at radius 2 is 1.67 bits per heavy atom. The smallest absolute Gasteiger partial charge is 0.418 e. The number of rotatable bonds is 6. The summed E-state index contributed by atoms with van der Waals surface area (Å²) in [5.74, 6) is 0. The van der Waals surface area contributed by atoms with E-state index in [4.69, 9.17) is 4.74 Å². The third-order valence-corrected chi connectivity index (χ3v) is 5.62.